The number of nitrogens with zero attached hydrogens (tertiary/aromatic N) is 1. The Hall–Kier alpha value is -2.80. The molecule has 1 heterocycles. The van der Waals surface area contributed by atoms with Crippen LogP contribution >= 0.6 is 0 Å². The molecule has 1 aliphatic heterocycles. The Morgan fingerprint density at radius 1 is 1.15 bits per heavy atom. The highest BCUT2D eigenvalue weighted by molar-refractivity contribution is 5.83. The van der Waals surface area contributed by atoms with Crippen LogP contribution in [0.25, 0.3) is 0 Å². The van der Waals surface area contributed by atoms with Gasteiger partial charge in [-0.3, -0.25) is 4.79 Å². The first kappa shape index (κ1) is 12.2. The number of anilines is 1. The van der Waals surface area contributed by atoms with Crippen LogP contribution in [-0.4, -0.2) is 5.97 Å². The maximum atomic E-state index is 12.0. The number of hydrogen-bond donors (Lipinski definition) is 1. The Morgan fingerprint density at radius 2 is 1.90 bits per heavy atom. The Bertz CT molecular complexity index is 704. The van der Waals surface area contributed by atoms with Crippen molar-refractivity contribution < 1.29 is 9.53 Å². The average molecular weight is 264 g/mol. The van der Waals surface area contributed by atoms with E-state index in [0.29, 0.717) is 11.4 Å². The van der Waals surface area contributed by atoms with Crippen molar-refractivity contribution in [3.05, 3.63) is 59.7 Å². The van der Waals surface area contributed by atoms with Crippen molar-refractivity contribution in [2.75, 3.05) is 5.73 Å². The average Bonchev–Trinajstić information content (AvgIpc) is 2.47. The van der Waals surface area contributed by atoms with Crippen molar-refractivity contribution in [3.63, 3.8) is 0 Å². The molecule has 2 unspecified atom stereocenters. The van der Waals surface area contributed by atoms with Crippen LogP contribution in [0.5, 0.6) is 5.75 Å². The summed E-state index contributed by atoms with van der Waals surface area (Å²) < 4.78 is 5.23. The molecule has 0 saturated heterocycles. The quantitative estimate of drug-likeness (QED) is 0.487. The normalized spacial score (nSPS) is 20.6. The highest BCUT2D eigenvalue weighted by atomic mass is 16.5. The molecule has 4 nitrogen and oxygen atoms in total. The van der Waals surface area contributed by atoms with Crippen LogP contribution < -0.4 is 10.5 Å². The fraction of sp³-hybridized carbons (Fsp3) is 0.125. The van der Waals surface area contributed by atoms with E-state index >= 15 is 0 Å². The lowest BCUT2D eigenvalue weighted by atomic mass is 9.79. The number of fused-ring (bicyclic) bond motifs is 1. The first-order valence-electron chi connectivity index (χ1n) is 6.26. The molecule has 0 fully saturated rings. The largest absolute Gasteiger partial charge is 0.425 e. The van der Waals surface area contributed by atoms with Gasteiger partial charge in [0.2, 0.25) is 0 Å². The summed E-state index contributed by atoms with van der Waals surface area (Å²) in [6, 6.07) is 16.6. The predicted octanol–water partition coefficient (Wildman–Crippen LogP) is 2.46. The lowest BCUT2D eigenvalue weighted by Gasteiger charge is -2.28. The molecule has 3 rings (SSSR count). The summed E-state index contributed by atoms with van der Waals surface area (Å²) in [5.74, 6) is -1.24. The van der Waals surface area contributed by atoms with Crippen molar-refractivity contribution in [2.45, 2.75) is 5.92 Å². The standard InChI is InChI=1S/C16H12N2O2/c17-9-13-15(10-4-2-1-3-5-10)12-8-11(18)6-7-14(12)20-16(13)19/h1-8,13,15H,18H2. The second-order valence-electron chi connectivity index (χ2n) is 4.71. The molecule has 2 N–H and O–H groups in total. The van der Waals surface area contributed by atoms with E-state index in [2.05, 4.69) is 0 Å². The second-order valence-corrected chi connectivity index (χ2v) is 4.71. The van der Waals surface area contributed by atoms with Gasteiger partial charge in [-0.15, -0.1) is 0 Å². The van der Waals surface area contributed by atoms with E-state index in [4.69, 9.17) is 10.5 Å². The van der Waals surface area contributed by atoms with Gasteiger partial charge in [-0.25, -0.2) is 0 Å². The van der Waals surface area contributed by atoms with Crippen LogP contribution in [-0.2, 0) is 4.79 Å². The van der Waals surface area contributed by atoms with Crippen molar-refractivity contribution >= 4 is 11.7 Å². The van der Waals surface area contributed by atoms with E-state index in [1.165, 1.54) is 0 Å². The van der Waals surface area contributed by atoms with E-state index in [1.54, 1.807) is 18.2 Å². The van der Waals surface area contributed by atoms with E-state index < -0.39 is 11.9 Å². The molecule has 2 atom stereocenters. The first-order valence-corrected chi connectivity index (χ1v) is 6.26. The molecule has 2 aromatic carbocycles. The van der Waals surface area contributed by atoms with E-state index in [-0.39, 0.29) is 5.92 Å². The molecule has 0 aromatic heterocycles. The van der Waals surface area contributed by atoms with Crippen LogP contribution in [0.15, 0.2) is 48.5 Å². The summed E-state index contributed by atoms with van der Waals surface area (Å²) in [5.41, 5.74) is 8.09. The zero-order valence-corrected chi connectivity index (χ0v) is 10.6. The Kier molecular flexibility index (Phi) is 2.88. The molecule has 1 aliphatic rings. The van der Waals surface area contributed by atoms with Gasteiger partial charge in [0.25, 0.3) is 0 Å². The molecule has 0 bridgehead atoms. The number of nitrogens with two attached hydrogens (primary N) is 1. The Balaban J connectivity index is 2.21. The molecular formula is C16H12N2O2. The van der Waals surface area contributed by atoms with Crippen LogP contribution in [0.3, 0.4) is 0 Å². The molecule has 0 saturated carbocycles. The summed E-state index contributed by atoms with van der Waals surface area (Å²) in [7, 11) is 0. The SMILES string of the molecule is N#CC1C(=O)Oc2ccc(N)cc2C1c1ccccc1. The maximum Gasteiger partial charge on any atom is 0.329 e. The minimum atomic E-state index is -0.855. The fourth-order valence-electron chi connectivity index (χ4n) is 2.55. The van der Waals surface area contributed by atoms with Crippen molar-refractivity contribution in [1.29, 1.82) is 5.26 Å². The molecule has 2 aromatic rings. The van der Waals surface area contributed by atoms with Crippen molar-refractivity contribution in [2.24, 2.45) is 5.92 Å². The molecule has 4 heteroatoms. The number of carbonyl (C=O) groups is 1. The number of rotatable bonds is 1. The molecule has 98 valence electrons. The third-order valence-electron chi connectivity index (χ3n) is 3.46. The van der Waals surface area contributed by atoms with Crippen molar-refractivity contribution in [1.82, 2.24) is 0 Å². The topological polar surface area (TPSA) is 76.1 Å². The number of ether oxygens (including phenoxy) is 1. The van der Waals surface area contributed by atoms with Gasteiger partial charge in [0.15, 0.2) is 5.92 Å². The monoisotopic (exact) mass is 264 g/mol. The smallest absolute Gasteiger partial charge is 0.329 e. The lowest BCUT2D eigenvalue weighted by molar-refractivity contribution is -0.138. The summed E-state index contributed by atoms with van der Waals surface area (Å²) >= 11 is 0. The number of nitriles is 1. The van der Waals surface area contributed by atoms with Crippen LogP contribution in [0.1, 0.15) is 17.0 Å². The maximum absolute atomic E-state index is 12.0. The van der Waals surface area contributed by atoms with E-state index in [0.717, 1.165) is 11.1 Å². The summed E-state index contributed by atoms with van der Waals surface area (Å²) in [5, 5.41) is 9.31. The van der Waals surface area contributed by atoms with E-state index in [1.807, 2.05) is 36.4 Å². The van der Waals surface area contributed by atoms with Gasteiger partial charge in [0, 0.05) is 17.2 Å². The number of nitrogen functional groups attached to an aromatic ring is 1. The van der Waals surface area contributed by atoms with Crippen molar-refractivity contribution in [3.8, 4) is 11.8 Å². The fourth-order valence-corrected chi connectivity index (χ4v) is 2.55. The molecular weight excluding hydrogens is 252 g/mol. The van der Waals surface area contributed by atoms with Gasteiger partial charge >= 0.3 is 5.97 Å². The molecule has 0 amide bonds. The first-order chi connectivity index (χ1) is 9.70. The molecule has 20 heavy (non-hydrogen) atoms. The van der Waals surface area contributed by atoms with Gasteiger partial charge in [0.05, 0.1) is 6.07 Å². The van der Waals surface area contributed by atoms with Crippen LogP contribution in [0.4, 0.5) is 5.69 Å². The van der Waals surface area contributed by atoms with Gasteiger partial charge in [-0.05, 0) is 23.8 Å². The van der Waals surface area contributed by atoms with Gasteiger partial charge < -0.3 is 10.5 Å². The second kappa shape index (κ2) is 4.71. The number of hydrogen-bond acceptors (Lipinski definition) is 4. The van der Waals surface area contributed by atoms with Crippen LogP contribution in [0, 0.1) is 17.2 Å². The zero-order chi connectivity index (χ0) is 14.1. The van der Waals surface area contributed by atoms with E-state index in [9.17, 15) is 10.1 Å². The predicted molar refractivity (Wildman–Crippen MR) is 73.9 cm³/mol. The Labute approximate surface area is 116 Å². The highest BCUT2D eigenvalue weighted by Crippen LogP contribution is 2.42. The zero-order valence-electron chi connectivity index (χ0n) is 10.6. The third-order valence-corrected chi connectivity index (χ3v) is 3.46. The lowest BCUT2D eigenvalue weighted by Crippen LogP contribution is -2.31. The minimum absolute atomic E-state index is 0.346. The third kappa shape index (κ3) is 1.90. The molecule has 0 radical (unpaired) electrons. The summed E-state index contributed by atoms with van der Waals surface area (Å²) in [6.45, 7) is 0. The van der Waals surface area contributed by atoms with Gasteiger partial charge in [-0.1, -0.05) is 30.3 Å². The number of carbonyl (C=O) groups excluding carboxylic acids is 1. The van der Waals surface area contributed by atoms with Gasteiger partial charge in [0.1, 0.15) is 5.75 Å². The summed E-state index contributed by atoms with van der Waals surface area (Å²) in [6.07, 6.45) is 0. The molecule has 0 spiro atoms. The number of benzene rings is 2. The summed E-state index contributed by atoms with van der Waals surface area (Å²) in [4.78, 5) is 12.0. The van der Waals surface area contributed by atoms with Crippen LogP contribution in [0.2, 0.25) is 0 Å². The molecule has 0 aliphatic carbocycles. The Morgan fingerprint density at radius 3 is 2.60 bits per heavy atom. The minimum Gasteiger partial charge on any atom is -0.425 e. The number of esters is 1. The van der Waals surface area contributed by atoms with Gasteiger partial charge in [-0.2, -0.15) is 5.26 Å². The highest BCUT2D eigenvalue weighted by Gasteiger charge is 2.38.